The van der Waals surface area contributed by atoms with Crippen molar-refractivity contribution in [1.29, 1.82) is 0 Å². The fourth-order valence-corrected chi connectivity index (χ4v) is 4.83. The van der Waals surface area contributed by atoms with Crippen LogP contribution in [0.15, 0.2) is 26.8 Å². The predicted octanol–water partition coefficient (Wildman–Crippen LogP) is -0.0774. The smallest absolute Gasteiger partial charge is 0.330 e. The second-order valence-corrected chi connectivity index (χ2v) is 19.4. The number of aliphatic hydroxyl groups is 4. The van der Waals surface area contributed by atoms with E-state index < -0.39 is 72.6 Å². The van der Waals surface area contributed by atoms with Gasteiger partial charge in [0.05, 0.1) is 13.2 Å². The Morgan fingerprint density at radius 3 is 2.12 bits per heavy atom. The fourth-order valence-electron chi connectivity index (χ4n) is 4.54. The Morgan fingerprint density at radius 1 is 1.07 bits per heavy atom. The Bertz CT molecular complexity index is 1220. The number of aromatic amines is 1. The number of ether oxygens (including phenoxy) is 3. The highest BCUT2D eigenvalue weighted by atomic mass is 35.6. The second kappa shape index (κ2) is 13.2. The third-order valence-corrected chi connectivity index (χ3v) is 6.95. The van der Waals surface area contributed by atoms with Crippen LogP contribution in [0.5, 0.6) is 0 Å². The van der Waals surface area contributed by atoms with E-state index >= 15 is 0 Å². The lowest BCUT2D eigenvalue weighted by molar-refractivity contribution is -0.119. The molecule has 0 spiro atoms. The molecular weight excluding hydrogens is 603 g/mol. The van der Waals surface area contributed by atoms with Crippen LogP contribution in [0, 0.1) is 0 Å². The first-order valence-corrected chi connectivity index (χ1v) is 17.5. The number of carbonyl (C=O) groups is 1. The number of halogens is 2. The summed E-state index contributed by atoms with van der Waals surface area (Å²) in [5.41, 5.74) is -2.20. The van der Waals surface area contributed by atoms with Crippen LogP contribution >= 0.6 is 22.7 Å². The number of amidine groups is 1. The molecule has 8 atom stereocenters. The summed E-state index contributed by atoms with van der Waals surface area (Å²) < 4.78 is 17.6. The number of nitrogens with one attached hydrogen (secondary N) is 1. The number of carbonyl (C=O) groups excluding carboxylic acids is 1. The molecule has 0 radical (unpaired) electrons. The number of amides is 1. The number of rotatable bonds is 3. The van der Waals surface area contributed by atoms with Crippen molar-refractivity contribution in [1.82, 2.24) is 14.5 Å². The molecule has 1 aromatic heterocycles. The minimum Gasteiger partial charge on any atom is -0.451 e. The average molecular weight is 644 g/mol. The molecule has 234 valence electrons. The van der Waals surface area contributed by atoms with Gasteiger partial charge in [0.2, 0.25) is 0 Å². The number of hydrogen-bond donors (Lipinski definition) is 5. The standard InChI is InChI=1S/C10H13ClN2O5.C10H14N2O5.C3H9ClSi.CH4/c1-10(11)7(16)5(4-14)18-8(10)13-3-2-6(15)12-9(13)17;1-10-7(15)5(4-13)16-8(10)12-3-2-6(14)11-9(12)17-10;1-5(2,3)4;/h2-3,5,7-8,14,16H,4H2,1H3,(H,12,15,17);5,7-8,13,15H,2-4H2,1H3;1-3H3;1H4/t5-,7-,8-,10-;5-,7-,8-,10+;;/m11../s1. The highest BCUT2D eigenvalue weighted by molar-refractivity contribution is 7.18. The van der Waals surface area contributed by atoms with Crippen molar-refractivity contribution < 1.29 is 39.4 Å². The number of aromatic nitrogens is 2. The zero-order valence-electron chi connectivity index (χ0n) is 22.8. The van der Waals surface area contributed by atoms with Crippen LogP contribution in [0.25, 0.3) is 0 Å². The summed E-state index contributed by atoms with van der Waals surface area (Å²) in [4.78, 5) is 40.1. The molecule has 0 aromatic carbocycles. The zero-order valence-corrected chi connectivity index (χ0v) is 25.3. The second-order valence-electron chi connectivity index (χ2n) is 11.1. The molecule has 1 amide bonds. The molecule has 1 aromatic rings. The highest BCUT2D eigenvalue weighted by Gasteiger charge is 2.63. The lowest BCUT2D eigenvalue weighted by Gasteiger charge is -2.26. The van der Waals surface area contributed by atoms with E-state index in [9.17, 15) is 24.6 Å². The molecule has 17 heteroatoms. The van der Waals surface area contributed by atoms with Crippen molar-refractivity contribution in [2.24, 2.45) is 4.99 Å². The molecule has 0 bridgehead atoms. The Morgan fingerprint density at radius 2 is 1.61 bits per heavy atom. The van der Waals surface area contributed by atoms with Gasteiger partial charge in [0, 0.05) is 25.2 Å². The van der Waals surface area contributed by atoms with Crippen molar-refractivity contribution in [3.63, 3.8) is 0 Å². The van der Waals surface area contributed by atoms with Crippen LogP contribution in [0.4, 0.5) is 0 Å². The Labute approximate surface area is 248 Å². The molecule has 4 aliphatic heterocycles. The van der Waals surface area contributed by atoms with E-state index in [-0.39, 0.29) is 26.0 Å². The third-order valence-electron chi connectivity index (χ3n) is 6.54. The maximum atomic E-state index is 11.6. The van der Waals surface area contributed by atoms with Crippen LogP contribution in [-0.4, -0.2) is 115 Å². The molecule has 4 aliphatic rings. The quantitative estimate of drug-likeness (QED) is 0.168. The van der Waals surface area contributed by atoms with Crippen molar-refractivity contribution in [3.8, 4) is 0 Å². The van der Waals surface area contributed by atoms with Gasteiger partial charge in [0.1, 0.15) is 36.7 Å². The Kier molecular flexibility index (Phi) is 11.4. The average Bonchev–Trinajstić information content (AvgIpc) is 3.35. The van der Waals surface area contributed by atoms with Crippen LogP contribution in [0.2, 0.25) is 19.6 Å². The summed E-state index contributed by atoms with van der Waals surface area (Å²) in [5.74, 6) is -0.229. The number of fused-ring (bicyclic) bond motifs is 3. The number of aliphatic imine (C=N–C) groups is 1. The van der Waals surface area contributed by atoms with Crippen molar-refractivity contribution in [3.05, 3.63) is 33.1 Å². The highest BCUT2D eigenvalue weighted by Crippen LogP contribution is 2.43. The van der Waals surface area contributed by atoms with Crippen LogP contribution in [-0.2, 0) is 19.0 Å². The van der Waals surface area contributed by atoms with Gasteiger partial charge < -0.3 is 34.6 Å². The van der Waals surface area contributed by atoms with E-state index in [0.717, 1.165) is 10.6 Å². The molecule has 5 N–H and O–H groups in total. The lowest BCUT2D eigenvalue weighted by Crippen LogP contribution is -2.47. The SMILES string of the molecule is C.C[C@@]1(Cl)[C@H](O)[C@@H](CO)O[C@H]1n1ccc(=O)[nH]c1=O.C[C@@]12OC3=NC(=O)CCN3[C@@H]1O[C@H](CO)[C@H]2O.C[Si](C)(C)Cl. The first-order valence-electron chi connectivity index (χ1n) is 12.6. The summed E-state index contributed by atoms with van der Waals surface area (Å²) in [7, 11) is -1.14. The van der Waals surface area contributed by atoms with E-state index in [4.69, 9.17) is 47.1 Å². The van der Waals surface area contributed by atoms with Gasteiger partial charge in [-0.05, 0) is 13.8 Å². The molecule has 3 fully saturated rings. The number of aliphatic hydroxyl groups excluding tert-OH is 4. The van der Waals surface area contributed by atoms with Crippen molar-refractivity contribution in [2.45, 2.75) is 94.7 Å². The van der Waals surface area contributed by atoms with E-state index in [1.165, 1.54) is 13.1 Å². The van der Waals surface area contributed by atoms with E-state index in [2.05, 4.69) is 29.6 Å². The van der Waals surface area contributed by atoms with Gasteiger partial charge >= 0.3 is 5.69 Å². The van der Waals surface area contributed by atoms with E-state index in [0.29, 0.717) is 13.0 Å². The van der Waals surface area contributed by atoms with Gasteiger partial charge in [-0.15, -0.1) is 11.6 Å². The number of H-pyrrole nitrogens is 1. The largest absolute Gasteiger partial charge is 0.451 e. The van der Waals surface area contributed by atoms with Crippen LogP contribution in [0.1, 0.15) is 33.9 Å². The van der Waals surface area contributed by atoms with Gasteiger partial charge in [0.25, 0.3) is 17.5 Å². The first-order chi connectivity index (χ1) is 18.4. The summed E-state index contributed by atoms with van der Waals surface area (Å²) in [5, 5.41) is 38.1. The van der Waals surface area contributed by atoms with Crippen LogP contribution in [0.3, 0.4) is 0 Å². The predicted molar refractivity (Wildman–Crippen MR) is 154 cm³/mol. The zero-order chi connectivity index (χ0) is 30.2. The summed E-state index contributed by atoms with van der Waals surface area (Å²) in [6.45, 7) is 9.24. The van der Waals surface area contributed by atoms with Gasteiger partial charge in [-0.1, -0.05) is 27.1 Å². The van der Waals surface area contributed by atoms with Crippen molar-refractivity contribution in [2.75, 3.05) is 19.8 Å². The molecule has 0 saturated carbocycles. The number of nitrogens with zero attached hydrogens (tertiary/aromatic N) is 3. The molecular formula is C24H40Cl2N4O10Si. The van der Waals surface area contributed by atoms with Crippen molar-refractivity contribution >= 4 is 42.0 Å². The van der Waals surface area contributed by atoms with E-state index in [1.807, 2.05) is 0 Å². The topological polar surface area (TPSA) is 196 Å². The van der Waals surface area contributed by atoms with Gasteiger partial charge in [-0.3, -0.25) is 24.0 Å². The fraction of sp³-hybridized carbons (Fsp3) is 0.750. The summed E-state index contributed by atoms with van der Waals surface area (Å²) in [6.07, 6.45) is -3.55. The monoisotopic (exact) mass is 642 g/mol. The molecule has 41 heavy (non-hydrogen) atoms. The minimum absolute atomic E-state index is 0. The molecule has 0 unspecified atom stereocenters. The minimum atomic E-state index is -1.28. The Balaban J connectivity index is 0.000000242. The van der Waals surface area contributed by atoms with E-state index in [1.54, 1.807) is 11.8 Å². The number of alkyl halides is 1. The van der Waals surface area contributed by atoms with Gasteiger partial charge in [-0.25, -0.2) is 4.79 Å². The first kappa shape index (κ1) is 35.4. The molecule has 0 aliphatic carbocycles. The summed E-state index contributed by atoms with van der Waals surface area (Å²) in [6, 6.07) is 1.36. The maximum absolute atomic E-state index is 11.6. The maximum Gasteiger partial charge on any atom is 0.330 e. The van der Waals surface area contributed by atoms with Gasteiger partial charge in [0.15, 0.2) is 18.1 Å². The Hall–Kier alpha value is -1.82. The van der Waals surface area contributed by atoms with Crippen LogP contribution < -0.4 is 11.2 Å². The molecule has 5 rings (SSSR count). The molecule has 3 saturated heterocycles. The number of hydrogen-bond acceptors (Lipinski definition) is 11. The third kappa shape index (κ3) is 7.58. The molecule has 14 nitrogen and oxygen atoms in total. The molecule has 5 heterocycles. The van der Waals surface area contributed by atoms with Gasteiger partial charge in [-0.2, -0.15) is 16.1 Å². The lowest BCUT2D eigenvalue weighted by atomic mass is 9.97. The summed E-state index contributed by atoms with van der Waals surface area (Å²) >= 11 is 11.8. The normalized spacial score (nSPS) is 35.5.